The van der Waals surface area contributed by atoms with Gasteiger partial charge in [-0.25, -0.2) is 4.79 Å². The standard InChI is InChI=1S/C17H26N2O2/c1-13(2)14-5-7-15(8-6-14)17(3,16(20)21-4)19-11-9-18-10-12-19/h5-8,13,18H,9-12H2,1-4H3. The normalized spacial score (nSPS) is 19.3. The van der Waals surface area contributed by atoms with Gasteiger partial charge in [0, 0.05) is 26.2 Å². The molecule has 1 fully saturated rings. The van der Waals surface area contributed by atoms with Crippen molar-refractivity contribution in [2.45, 2.75) is 32.2 Å². The van der Waals surface area contributed by atoms with Gasteiger partial charge in [0.15, 0.2) is 0 Å². The van der Waals surface area contributed by atoms with Gasteiger partial charge in [0.05, 0.1) is 7.11 Å². The molecule has 0 bridgehead atoms. The molecule has 2 rings (SSSR count). The van der Waals surface area contributed by atoms with Crippen LogP contribution in [0.1, 0.15) is 37.8 Å². The van der Waals surface area contributed by atoms with Crippen LogP contribution in [0.2, 0.25) is 0 Å². The van der Waals surface area contributed by atoms with E-state index in [0.29, 0.717) is 5.92 Å². The van der Waals surface area contributed by atoms with E-state index in [1.807, 2.05) is 6.92 Å². The van der Waals surface area contributed by atoms with Crippen molar-refractivity contribution in [1.29, 1.82) is 0 Å². The lowest BCUT2D eigenvalue weighted by Crippen LogP contribution is -2.57. The highest BCUT2D eigenvalue weighted by Gasteiger charge is 2.42. The van der Waals surface area contributed by atoms with Gasteiger partial charge in [-0.3, -0.25) is 4.90 Å². The van der Waals surface area contributed by atoms with Gasteiger partial charge in [-0.2, -0.15) is 0 Å². The Balaban J connectivity index is 2.36. The number of ether oxygens (including phenoxy) is 1. The highest BCUT2D eigenvalue weighted by molar-refractivity contribution is 5.82. The minimum atomic E-state index is -0.716. The highest BCUT2D eigenvalue weighted by atomic mass is 16.5. The second kappa shape index (κ2) is 6.58. The number of methoxy groups -OCH3 is 1. The molecule has 0 saturated carbocycles. The molecule has 1 heterocycles. The minimum Gasteiger partial charge on any atom is -0.467 e. The SMILES string of the molecule is COC(=O)C(C)(c1ccc(C(C)C)cc1)N1CCNCC1. The molecule has 1 aromatic rings. The largest absolute Gasteiger partial charge is 0.467 e. The third-order valence-electron chi connectivity index (χ3n) is 4.47. The highest BCUT2D eigenvalue weighted by Crippen LogP contribution is 2.31. The van der Waals surface area contributed by atoms with Crippen LogP contribution in [-0.4, -0.2) is 44.2 Å². The van der Waals surface area contributed by atoms with Gasteiger partial charge in [0.25, 0.3) is 0 Å². The van der Waals surface area contributed by atoms with E-state index in [1.165, 1.54) is 12.7 Å². The van der Waals surface area contributed by atoms with E-state index in [4.69, 9.17) is 4.74 Å². The Morgan fingerprint density at radius 2 is 1.81 bits per heavy atom. The van der Waals surface area contributed by atoms with Crippen molar-refractivity contribution >= 4 is 5.97 Å². The molecule has 0 amide bonds. The fourth-order valence-corrected chi connectivity index (χ4v) is 2.93. The Bertz CT molecular complexity index is 478. The molecule has 0 aromatic heterocycles. The molecule has 21 heavy (non-hydrogen) atoms. The van der Waals surface area contributed by atoms with E-state index in [1.54, 1.807) is 0 Å². The van der Waals surface area contributed by atoms with Crippen molar-refractivity contribution in [2.24, 2.45) is 0 Å². The number of piperazine rings is 1. The van der Waals surface area contributed by atoms with E-state index in [0.717, 1.165) is 31.7 Å². The van der Waals surface area contributed by atoms with Crippen LogP contribution in [-0.2, 0) is 15.1 Å². The molecular weight excluding hydrogens is 264 g/mol. The summed E-state index contributed by atoms with van der Waals surface area (Å²) in [5.74, 6) is 0.296. The molecular formula is C17H26N2O2. The number of nitrogens with zero attached hydrogens (tertiary/aromatic N) is 1. The molecule has 116 valence electrons. The van der Waals surface area contributed by atoms with Crippen molar-refractivity contribution in [2.75, 3.05) is 33.3 Å². The number of benzene rings is 1. The summed E-state index contributed by atoms with van der Waals surface area (Å²) >= 11 is 0. The quantitative estimate of drug-likeness (QED) is 0.862. The van der Waals surface area contributed by atoms with Crippen molar-refractivity contribution < 1.29 is 9.53 Å². The zero-order chi connectivity index (χ0) is 15.5. The second-order valence-corrected chi connectivity index (χ2v) is 6.08. The summed E-state index contributed by atoms with van der Waals surface area (Å²) in [5.41, 5.74) is 1.57. The van der Waals surface area contributed by atoms with Gasteiger partial charge in [-0.05, 0) is 24.0 Å². The summed E-state index contributed by atoms with van der Waals surface area (Å²) in [6.45, 7) is 9.80. The molecule has 1 N–H and O–H groups in total. The fraction of sp³-hybridized carbons (Fsp3) is 0.588. The molecule has 4 nitrogen and oxygen atoms in total. The molecule has 0 radical (unpaired) electrons. The average Bonchev–Trinajstić information content (AvgIpc) is 2.54. The van der Waals surface area contributed by atoms with Gasteiger partial charge in [-0.1, -0.05) is 38.1 Å². The maximum absolute atomic E-state index is 12.5. The van der Waals surface area contributed by atoms with E-state index in [9.17, 15) is 4.79 Å². The van der Waals surface area contributed by atoms with E-state index in [-0.39, 0.29) is 5.97 Å². The third kappa shape index (κ3) is 3.11. The van der Waals surface area contributed by atoms with Crippen molar-refractivity contribution in [3.8, 4) is 0 Å². The molecule has 1 aromatic carbocycles. The fourth-order valence-electron chi connectivity index (χ4n) is 2.93. The number of hydrogen-bond donors (Lipinski definition) is 1. The topological polar surface area (TPSA) is 41.6 Å². The number of carbonyl (C=O) groups is 1. The minimum absolute atomic E-state index is 0.193. The molecule has 1 aliphatic rings. The summed E-state index contributed by atoms with van der Waals surface area (Å²) in [6.07, 6.45) is 0. The third-order valence-corrected chi connectivity index (χ3v) is 4.47. The zero-order valence-electron chi connectivity index (χ0n) is 13.5. The van der Waals surface area contributed by atoms with E-state index < -0.39 is 5.54 Å². The number of nitrogens with one attached hydrogen (secondary N) is 1. The van der Waals surface area contributed by atoms with Gasteiger partial charge >= 0.3 is 5.97 Å². The molecule has 1 aliphatic heterocycles. The Morgan fingerprint density at radius 1 is 1.24 bits per heavy atom. The van der Waals surface area contributed by atoms with Gasteiger partial charge < -0.3 is 10.1 Å². The first-order valence-corrected chi connectivity index (χ1v) is 7.64. The molecule has 1 saturated heterocycles. The lowest BCUT2D eigenvalue weighted by atomic mass is 9.87. The predicted molar refractivity (Wildman–Crippen MR) is 84.3 cm³/mol. The molecule has 0 spiro atoms. The van der Waals surface area contributed by atoms with Crippen LogP contribution in [0, 0.1) is 0 Å². The average molecular weight is 290 g/mol. The van der Waals surface area contributed by atoms with Gasteiger partial charge in [0.2, 0.25) is 0 Å². The molecule has 1 atom stereocenters. The molecule has 0 aliphatic carbocycles. The number of hydrogen-bond acceptors (Lipinski definition) is 4. The van der Waals surface area contributed by atoms with Gasteiger partial charge in [-0.15, -0.1) is 0 Å². The summed E-state index contributed by atoms with van der Waals surface area (Å²) in [6, 6.07) is 8.36. The summed E-state index contributed by atoms with van der Waals surface area (Å²) in [4.78, 5) is 14.7. The van der Waals surface area contributed by atoms with Crippen LogP contribution in [0.5, 0.6) is 0 Å². The Kier molecular flexibility index (Phi) is 5.01. The van der Waals surface area contributed by atoms with Crippen LogP contribution < -0.4 is 5.32 Å². The summed E-state index contributed by atoms with van der Waals surface area (Å²) < 4.78 is 5.10. The summed E-state index contributed by atoms with van der Waals surface area (Å²) in [5, 5.41) is 3.33. The number of rotatable bonds is 4. The summed E-state index contributed by atoms with van der Waals surface area (Å²) in [7, 11) is 1.46. The monoisotopic (exact) mass is 290 g/mol. The smallest absolute Gasteiger partial charge is 0.330 e. The number of esters is 1. The Hall–Kier alpha value is -1.39. The zero-order valence-corrected chi connectivity index (χ0v) is 13.5. The number of carbonyl (C=O) groups excluding carboxylic acids is 1. The first-order chi connectivity index (χ1) is 10.00. The van der Waals surface area contributed by atoms with Gasteiger partial charge in [0.1, 0.15) is 5.54 Å². The van der Waals surface area contributed by atoms with Crippen LogP contribution in [0.15, 0.2) is 24.3 Å². The first-order valence-electron chi connectivity index (χ1n) is 7.64. The lowest BCUT2D eigenvalue weighted by Gasteiger charge is -2.41. The van der Waals surface area contributed by atoms with E-state index in [2.05, 4.69) is 48.3 Å². The first kappa shape index (κ1) is 16.0. The predicted octanol–water partition coefficient (Wildman–Crippen LogP) is 2.10. The van der Waals surface area contributed by atoms with Crippen LogP contribution in [0.25, 0.3) is 0 Å². The van der Waals surface area contributed by atoms with Crippen molar-refractivity contribution in [3.63, 3.8) is 0 Å². The van der Waals surface area contributed by atoms with E-state index >= 15 is 0 Å². The lowest BCUT2D eigenvalue weighted by molar-refractivity contribution is -0.155. The molecule has 4 heteroatoms. The Morgan fingerprint density at radius 3 is 2.29 bits per heavy atom. The van der Waals surface area contributed by atoms with Crippen molar-refractivity contribution in [3.05, 3.63) is 35.4 Å². The van der Waals surface area contributed by atoms with Crippen LogP contribution in [0.4, 0.5) is 0 Å². The van der Waals surface area contributed by atoms with Crippen molar-refractivity contribution in [1.82, 2.24) is 10.2 Å². The maximum atomic E-state index is 12.5. The van der Waals surface area contributed by atoms with Crippen LogP contribution >= 0.6 is 0 Å². The molecule has 1 unspecified atom stereocenters. The second-order valence-electron chi connectivity index (χ2n) is 6.08. The Labute approximate surface area is 127 Å². The maximum Gasteiger partial charge on any atom is 0.330 e. The van der Waals surface area contributed by atoms with Crippen LogP contribution in [0.3, 0.4) is 0 Å².